The molecule has 0 atom stereocenters. The molecule has 2 amide bonds. The van der Waals surface area contributed by atoms with Crippen LogP contribution >= 0.6 is 0 Å². The highest BCUT2D eigenvalue weighted by molar-refractivity contribution is 7.91. The molecule has 154 valence electrons. The van der Waals surface area contributed by atoms with Crippen molar-refractivity contribution in [3.05, 3.63) is 65.5 Å². The maximum Gasteiger partial charge on any atom is 0.337 e. The first-order valence-corrected chi connectivity index (χ1v) is 10.8. The number of carbonyl (C=O) groups excluding carboxylic acids is 2. The molecule has 0 saturated carbocycles. The van der Waals surface area contributed by atoms with Crippen LogP contribution in [0, 0.1) is 5.82 Å². The Labute approximate surface area is 168 Å². The second-order valence-electron chi connectivity index (χ2n) is 6.67. The number of esters is 1. The lowest BCUT2D eigenvalue weighted by molar-refractivity contribution is 0.0600. The predicted molar refractivity (Wildman–Crippen MR) is 106 cm³/mol. The molecular weight excluding hydrogens is 399 g/mol. The average Bonchev–Trinajstić information content (AvgIpc) is 2.72. The number of hydrogen-bond donors (Lipinski definition) is 0. The van der Waals surface area contributed by atoms with Crippen LogP contribution in [0.5, 0.6) is 0 Å². The number of benzene rings is 2. The molecular formula is C20H21FN2O5S. The fourth-order valence-corrected chi connectivity index (χ4v) is 4.21. The van der Waals surface area contributed by atoms with Crippen LogP contribution in [0.2, 0.25) is 0 Å². The van der Waals surface area contributed by atoms with Crippen molar-refractivity contribution in [1.82, 2.24) is 4.90 Å². The van der Waals surface area contributed by atoms with E-state index in [0.29, 0.717) is 11.3 Å². The van der Waals surface area contributed by atoms with Gasteiger partial charge < -0.3 is 9.64 Å². The van der Waals surface area contributed by atoms with Crippen LogP contribution in [-0.4, -0.2) is 57.0 Å². The summed E-state index contributed by atoms with van der Waals surface area (Å²) in [6.07, 6.45) is 0. The molecule has 0 aromatic heterocycles. The summed E-state index contributed by atoms with van der Waals surface area (Å²) in [5, 5.41) is 0. The molecule has 0 bridgehead atoms. The maximum atomic E-state index is 13.3. The number of amides is 2. The van der Waals surface area contributed by atoms with Crippen molar-refractivity contribution in [2.75, 3.05) is 36.6 Å². The molecule has 0 unspecified atom stereocenters. The second kappa shape index (κ2) is 8.60. The summed E-state index contributed by atoms with van der Waals surface area (Å²) in [4.78, 5) is 27.6. The van der Waals surface area contributed by atoms with Crippen molar-refractivity contribution >= 4 is 27.5 Å². The Morgan fingerprint density at radius 3 is 2.17 bits per heavy atom. The van der Waals surface area contributed by atoms with Crippen molar-refractivity contribution in [2.45, 2.75) is 6.54 Å². The zero-order valence-corrected chi connectivity index (χ0v) is 16.7. The molecule has 0 radical (unpaired) electrons. The topological polar surface area (TPSA) is 84.0 Å². The highest BCUT2D eigenvalue weighted by Crippen LogP contribution is 2.21. The number of nitrogens with zero attached hydrogens (tertiary/aromatic N) is 2. The molecule has 7 nitrogen and oxygen atoms in total. The summed E-state index contributed by atoms with van der Waals surface area (Å²) in [5.41, 5.74) is 1.62. The highest BCUT2D eigenvalue weighted by atomic mass is 32.2. The average molecular weight is 420 g/mol. The molecule has 9 heteroatoms. The van der Waals surface area contributed by atoms with E-state index in [2.05, 4.69) is 4.74 Å². The van der Waals surface area contributed by atoms with Crippen molar-refractivity contribution in [2.24, 2.45) is 0 Å². The molecule has 1 aliphatic heterocycles. The molecule has 29 heavy (non-hydrogen) atoms. The fraction of sp³-hybridized carbons (Fsp3) is 0.300. The zero-order valence-electron chi connectivity index (χ0n) is 15.9. The summed E-state index contributed by atoms with van der Waals surface area (Å²) in [6, 6.07) is 11.8. The van der Waals surface area contributed by atoms with Crippen molar-refractivity contribution < 1.29 is 27.1 Å². The number of urea groups is 1. The zero-order chi connectivity index (χ0) is 21.0. The van der Waals surface area contributed by atoms with E-state index in [9.17, 15) is 22.4 Å². The van der Waals surface area contributed by atoms with Gasteiger partial charge in [-0.1, -0.05) is 12.1 Å². The van der Waals surface area contributed by atoms with Crippen LogP contribution in [0.15, 0.2) is 48.5 Å². The van der Waals surface area contributed by atoms with Gasteiger partial charge in [-0.15, -0.1) is 0 Å². The Morgan fingerprint density at radius 1 is 1.03 bits per heavy atom. The number of methoxy groups -OCH3 is 1. The SMILES string of the molecule is COC(=O)c1ccc(CN(C(=O)N2CCS(=O)(=O)CC2)c2ccc(F)cc2)cc1. The van der Waals surface area contributed by atoms with Gasteiger partial charge in [0.05, 0.1) is 30.7 Å². The molecule has 1 saturated heterocycles. The molecule has 0 aliphatic carbocycles. The number of anilines is 1. The number of hydrogen-bond acceptors (Lipinski definition) is 5. The maximum absolute atomic E-state index is 13.3. The molecule has 0 N–H and O–H groups in total. The van der Waals surface area contributed by atoms with Gasteiger partial charge in [0.1, 0.15) is 5.82 Å². The van der Waals surface area contributed by atoms with Gasteiger partial charge in [-0.25, -0.2) is 22.4 Å². The van der Waals surface area contributed by atoms with Gasteiger partial charge in [-0.05, 0) is 42.0 Å². The molecule has 1 heterocycles. The fourth-order valence-electron chi connectivity index (χ4n) is 3.01. The van der Waals surface area contributed by atoms with Gasteiger partial charge in [0.2, 0.25) is 0 Å². The van der Waals surface area contributed by atoms with Gasteiger partial charge in [0, 0.05) is 18.8 Å². The van der Waals surface area contributed by atoms with E-state index in [1.807, 2.05) is 0 Å². The lowest BCUT2D eigenvalue weighted by Crippen LogP contribution is -2.49. The number of halogens is 1. The third-order valence-electron chi connectivity index (χ3n) is 4.70. The largest absolute Gasteiger partial charge is 0.465 e. The van der Waals surface area contributed by atoms with Crippen LogP contribution in [0.4, 0.5) is 14.9 Å². The first-order valence-electron chi connectivity index (χ1n) is 8.99. The van der Waals surface area contributed by atoms with Gasteiger partial charge in [0.25, 0.3) is 0 Å². The van der Waals surface area contributed by atoms with Gasteiger partial charge in [0.15, 0.2) is 9.84 Å². The number of carbonyl (C=O) groups is 2. The second-order valence-corrected chi connectivity index (χ2v) is 8.98. The molecule has 0 spiro atoms. The quantitative estimate of drug-likeness (QED) is 0.710. The third kappa shape index (κ3) is 5.11. The number of ether oxygens (including phenoxy) is 1. The minimum absolute atomic E-state index is 0.0795. The smallest absolute Gasteiger partial charge is 0.337 e. The molecule has 1 aliphatic rings. The van der Waals surface area contributed by atoms with Crippen molar-refractivity contribution in [1.29, 1.82) is 0 Å². The van der Waals surface area contributed by atoms with E-state index in [4.69, 9.17) is 0 Å². The van der Waals surface area contributed by atoms with Crippen molar-refractivity contribution in [3.63, 3.8) is 0 Å². The van der Waals surface area contributed by atoms with E-state index in [0.717, 1.165) is 5.56 Å². The standard InChI is InChI=1S/C20H21FN2O5S/c1-28-19(24)16-4-2-15(3-5-16)14-23(18-8-6-17(21)7-9-18)20(25)22-10-12-29(26,27)13-11-22/h2-9H,10-14H2,1H3. The van der Waals surface area contributed by atoms with Crippen molar-refractivity contribution in [3.8, 4) is 0 Å². The molecule has 3 rings (SSSR count). The first kappa shape index (κ1) is 20.8. The van der Waals surface area contributed by atoms with Crippen LogP contribution in [0.3, 0.4) is 0 Å². The number of rotatable bonds is 4. The lowest BCUT2D eigenvalue weighted by atomic mass is 10.1. The summed E-state index contributed by atoms with van der Waals surface area (Å²) in [5.74, 6) is -1.04. The summed E-state index contributed by atoms with van der Waals surface area (Å²) in [7, 11) is -1.83. The van der Waals surface area contributed by atoms with E-state index in [1.165, 1.54) is 41.2 Å². The Balaban J connectivity index is 1.84. The van der Waals surface area contributed by atoms with Gasteiger partial charge in [-0.2, -0.15) is 0 Å². The Morgan fingerprint density at radius 2 is 1.62 bits per heavy atom. The summed E-state index contributed by atoms with van der Waals surface area (Å²) >= 11 is 0. The van der Waals surface area contributed by atoms with Crippen LogP contribution in [-0.2, 0) is 21.1 Å². The predicted octanol–water partition coefficient (Wildman–Crippen LogP) is 2.47. The molecule has 2 aromatic rings. The summed E-state index contributed by atoms with van der Waals surface area (Å²) in [6.45, 7) is 0.398. The first-order chi connectivity index (χ1) is 13.8. The number of sulfone groups is 1. The Kier molecular flexibility index (Phi) is 6.17. The van der Waals surface area contributed by atoms with E-state index in [1.54, 1.807) is 24.3 Å². The summed E-state index contributed by atoms with van der Waals surface area (Å²) < 4.78 is 41.4. The normalized spacial score (nSPS) is 15.6. The van der Waals surface area contributed by atoms with E-state index in [-0.39, 0.29) is 37.2 Å². The van der Waals surface area contributed by atoms with Gasteiger partial charge >= 0.3 is 12.0 Å². The Hall–Kier alpha value is -2.94. The third-order valence-corrected chi connectivity index (χ3v) is 6.31. The molecule has 1 fully saturated rings. The van der Waals surface area contributed by atoms with Crippen LogP contribution in [0.25, 0.3) is 0 Å². The monoisotopic (exact) mass is 420 g/mol. The molecule has 2 aromatic carbocycles. The minimum Gasteiger partial charge on any atom is -0.465 e. The van der Waals surface area contributed by atoms with Crippen LogP contribution in [0.1, 0.15) is 15.9 Å². The Bertz CT molecular complexity index is 977. The van der Waals surface area contributed by atoms with E-state index < -0.39 is 21.6 Å². The van der Waals surface area contributed by atoms with Crippen LogP contribution < -0.4 is 4.90 Å². The lowest BCUT2D eigenvalue weighted by Gasteiger charge is -2.33. The van der Waals surface area contributed by atoms with E-state index >= 15 is 0 Å². The highest BCUT2D eigenvalue weighted by Gasteiger charge is 2.29. The minimum atomic E-state index is -3.13. The van der Waals surface area contributed by atoms with Gasteiger partial charge in [-0.3, -0.25) is 4.90 Å².